The average molecular weight is 306 g/mol. The van der Waals surface area contributed by atoms with E-state index in [1.807, 2.05) is 24.3 Å². The molecule has 23 heavy (non-hydrogen) atoms. The van der Waals surface area contributed by atoms with Gasteiger partial charge in [-0.05, 0) is 19.4 Å². The van der Waals surface area contributed by atoms with E-state index in [0.717, 1.165) is 23.5 Å². The number of hydrogen-bond donors (Lipinski definition) is 1. The Bertz CT molecular complexity index is 733. The van der Waals surface area contributed by atoms with Crippen LogP contribution in [0.2, 0.25) is 0 Å². The maximum Gasteiger partial charge on any atom is 0.117 e. The van der Waals surface area contributed by atoms with Crippen LogP contribution >= 0.6 is 0 Å². The second-order valence-electron chi connectivity index (χ2n) is 5.86. The van der Waals surface area contributed by atoms with Crippen molar-refractivity contribution in [3.63, 3.8) is 0 Å². The molecule has 0 aliphatic heterocycles. The van der Waals surface area contributed by atoms with E-state index < -0.39 is 0 Å². The Morgan fingerprint density at radius 1 is 0.870 bits per heavy atom. The summed E-state index contributed by atoms with van der Waals surface area (Å²) in [5, 5.41) is 12.8. The fourth-order valence-electron chi connectivity index (χ4n) is 2.45. The molecule has 0 saturated heterocycles. The molecule has 4 heteroatoms. The molecule has 0 aliphatic carbocycles. The zero-order valence-corrected chi connectivity index (χ0v) is 13.6. The van der Waals surface area contributed by atoms with Gasteiger partial charge in [0.25, 0.3) is 0 Å². The largest absolute Gasteiger partial charge is 0.307 e. The van der Waals surface area contributed by atoms with Crippen LogP contribution in [-0.2, 0) is 13.1 Å². The highest BCUT2D eigenvalue weighted by Crippen LogP contribution is 2.21. The number of hydrogen-bond acceptors (Lipinski definition) is 3. The van der Waals surface area contributed by atoms with E-state index in [1.165, 1.54) is 5.56 Å². The van der Waals surface area contributed by atoms with Crippen molar-refractivity contribution in [2.24, 2.45) is 0 Å². The highest BCUT2D eigenvalue weighted by molar-refractivity contribution is 5.60. The van der Waals surface area contributed by atoms with Crippen molar-refractivity contribution in [3.8, 4) is 11.3 Å². The van der Waals surface area contributed by atoms with Crippen LogP contribution in [0.5, 0.6) is 0 Å². The summed E-state index contributed by atoms with van der Waals surface area (Å²) >= 11 is 0. The van der Waals surface area contributed by atoms with Crippen LogP contribution < -0.4 is 5.32 Å². The van der Waals surface area contributed by atoms with Crippen LogP contribution in [0.1, 0.15) is 31.1 Å². The van der Waals surface area contributed by atoms with E-state index in [9.17, 15) is 0 Å². The molecular formula is C19H22N4. The molecule has 3 aromatic rings. The minimum atomic E-state index is 0.250. The van der Waals surface area contributed by atoms with E-state index in [0.29, 0.717) is 6.54 Å². The molecule has 0 spiro atoms. The van der Waals surface area contributed by atoms with Gasteiger partial charge in [-0.1, -0.05) is 60.7 Å². The monoisotopic (exact) mass is 306 g/mol. The number of nitrogens with one attached hydrogen (secondary N) is 1. The Morgan fingerprint density at radius 3 is 2.17 bits per heavy atom. The van der Waals surface area contributed by atoms with Crippen molar-refractivity contribution in [2.45, 2.75) is 33.0 Å². The Hall–Kier alpha value is -2.46. The topological polar surface area (TPSA) is 42.7 Å². The van der Waals surface area contributed by atoms with Gasteiger partial charge in [-0.25, -0.2) is 0 Å². The summed E-state index contributed by atoms with van der Waals surface area (Å²) in [4.78, 5) is 1.79. The van der Waals surface area contributed by atoms with Crippen molar-refractivity contribution in [2.75, 3.05) is 0 Å². The van der Waals surface area contributed by atoms with E-state index >= 15 is 0 Å². The standard InChI is InChI=1S/C19H22N4/c1-15(2)23-21-18(14-20-13-16-9-5-3-6-10-16)19(22-23)17-11-7-4-8-12-17/h3-12,15,20H,13-14H2,1-2H3. The third kappa shape index (κ3) is 3.85. The predicted molar refractivity (Wildman–Crippen MR) is 92.8 cm³/mol. The lowest BCUT2D eigenvalue weighted by molar-refractivity contribution is 0.461. The first-order valence-electron chi connectivity index (χ1n) is 8.00. The van der Waals surface area contributed by atoms with Gasteiger partial charge in [-0.3, -0.25) is 0 Å². The first-order chi connectivity index (χ1) is 11.2. The summed E-state index contributed by atoms with van der Waals surface area (Å²) in [6.07, 6.45) is 0. The quantitative estimate of drug-likeness (QED) is 0.753. The molecule has 0 saturated carbocycles. The number of nitrogens with zero attached hydrogens (tertiary/aromatic N) is 3. The van der Waals surface area contributed by atoms with Crippen LogP contribution in [-0.4, -0.2) is 15.0 Å². The fraction of sp³-hybridized carbons (Fsp3) is 0.263. The second kappa shape index (κ2) is 7.20. The molecule has 2 aromatic carbocycles. The molecule has 0 aliphatic rings. The first-order valence-corrected chi connectivity index (χ1v) is 8.00. The summed E-state index contributed by atoms with van der Waals surface area (Å²) in [7, 11) is 0. The molecule has 3 rings (SSSR count). The van der Waals surface area contributed by atoms with Crippen LogP contribution in [0.25, 0.3) is 11.3 Å². The molecule has 0 radical (unpaired) electrons. The molecular weight excluding hydrogens is 284 g/mol. The van der Waals surface area contributed by atoms with Crippen molar-refractivity contribution < 1.29 is 0 Å². The molecule has 0 unspecified atom stereocenters. The maximum absolute atomic E-state index is 4.67. The van der Waals surface area contributed by atoms with Gasteiger partial charge >= 0.3 is 0 Å². The normalized spacial score (nSPS) is 11.1. The SMILES string of the molecule is CC(C)n1nc(CNCc2ccccc2)c(-c2ccccc2)n1. The molecule has 0 atom stereocenters. The summed E-state index contributed by atoms with van der Waals surface area (Å²) in [6.45, 7) is 5.71. The lowest BCUT2D eigenvalue weighted by atomic mass is 10.1. The highest BCUT2D eigenvalue weighted by atomic mass is 15.5. The number of aromatic nitrogens is 3. The first kappa shape index (κ1) is 15.4. The Balaban J connectivity index is 1.77. The van der Waals surface area contributed by atoms with Gasteiger partial charge in [0, 0.05) is 18.7 Å². The van der Waals surface area contributed by atoms with Crippen molar-refractivity contribution in [3.05, 3.63) is 71.9 Å². The molecule has 1 N–H and O–H groups in total. The minimum Gasteiger partial charge on any atom is -0.307 e. The third-order valence-corrected chi connectivity index (χ3v) is 3.67. The summed E-state index contributed by atoms with van der Waals surface area (Å²) in [6, 6.07) is 20.9. The van der Waals surface area contributed by atoms with E-state index in [1.54, 1.807) is 4.80 Å². The highest BCUT2D eigenvalue weighted by Gasteiger charge is 2.14. The smallest absolute Gasteiger partial charge is 0.117 e. The summed E-state index contributed by atoms with van der Waals surface area (Å²) in [5.41, 5.74) is 4.32. The van der Waals surface area contributed by atoms with Crippen molar-refractivity contribution >= 4 is 0 Å². The summed E-state index contributed by atoms with van der Waals surface area (Å²) in [5.74, 6) is 0. The molecule has 4 nitrogen and oxygen atoms in total. The van der Waals surface area contributed by atoms with Crippen LogP contribution in [0.15, 0.2) is 60.7 Å². The zero-order valence-electron chi connectivity index (χ0n) is 13.6. The Labute approximate surface area is 137 Å². The van der Waals surface area contributed by atoms with Crippen LogP contribution in [0.4, 0.5) is 0 Å². The molecule has 118 valence electrons. The van der Waals surface area contributed by atoms with Gasteiger partial charge in [0.2, 0.25) is 0 Å². The average Bonchev–Trinajstić information content (AvgIpc) is 3.01. The van der Waals surface area contributed by atoms with Gasteiger partial charge in [0.05, 0.1) is 6.04 Å². The second-order valence-corrected chi connectivity index (χ2v) is 5.86. The molecule has 1 heterocycles. The lowest BCUT2D eigenvalue weighted by Gasteiger charge is -2.04. The zero-order chi connectivity index (χ0) is 16.1. The van der Waals surface area contributed by atoms with Gasteiger partial charge in [0.15, 0.2) is 0 Å². The molecule has 1 aromatic heterocycles. The number of benzene rings is 2. The Kier molecular flexibility index (Phi) is 4.83. The van der Waals surface area contributed by atoms with E-state index in [-0.39, 0.29) is 6.04 Å². The van der Waals surface area contributed by atoms with E-state index in [2.05, 4.69) is 65.8 Å². The van der Waals surface area contributed by atoms with E-state index in [4.69, 9.17) is 0 Å². The fourth-order valence-corrected chi connectivity index (χ4v) is 2.45. The third-order valence-electron chi connectivity index (χ3n) is 3.67. The van der Waals surface area contributed by atoms with Gasteiger partial charge in [0.1, 0.15) is 11.4 Å². The van der Waals surface area contributed by atoms with Crippen molar-refractivity contribution in [1.82, 2.24) is 20.3 Å². The minimum absolute atomic E-state index is 0.250. The van der Waals surface area contributed by atoms with Gasteiger partial charge in [-0.15, -0.1) is 0 Å². The number of rotatable bonds is 6. The summed E-state index contributed by atoms with van der Waals surface area (Å²) < 4.78 is 0. The van der Waals surface area contributed by atoms with Crippen LogP contribution in [0, 0.1) is 0 Å². The van der Waals surface area contributed by atoms with Crippen LogP contribution in [0.3, 0.4) is 0 Å². The maximum atomic E-state index is 4.67. The molecule has 0 amide bonds. The van der Waals surface area contributed by atoms with Crippen molar-refractivity contribution in [1.29, 1.82) is 0 Å². The lowest BCUT2D eigenvalue weighted by Crippen LogP contribution is -2.14. The predicted octanol–water partition coefficient (Wildman–Crippen LogP) is 3.82. The van der Waals surface area contributed by atoms with Gasteiger partial charge in [-0.2, -0.15) is 15.0 Å². The molecule has 0 bridgehead atoms. The Morgan fingerprint density at radius 2 is 1.52 bits per heavy atom. The van der Waals surface area contributed by atoms with Gasteiger partial charge < -0.3 is 5.32 Å². The molecule has 0 fully saturated rings.